The van der Waals surface area contributed by atoms with Crippen LogP contribution >= 0.6 is 0 Å². The molecule has 2 nitrogen and oxygen atoms in total. The largest absolute Gasteiger partial charge is 0.508 e. The summed E-state index contributed by atoms with van der Waals surface area (Å²) in [6, 6.07) is 4.66. The maximum absolute atomic E-state index is 13.0. The van der Waals surface area contributed by atoms with Crippen molar-refractivity contribution in [3.8, 4) is 5.75 Å². The van der Waals surface area contributed by atoms with Crippen LogP contribution in [0.2, 0.25) is 0 Å². The Labute approximate surface area is 89.3 Å². The summed E-state index contributed by atoms with van der Waals surface area (Å²) in [6.07, 6.45) is 2.38. The number of rotatable bonds is 2. The van der Waals surface area contributed by atoms with E-state index in [1.54, 1.807) is 0 Å². The molecule has 1 unspecified atom stereocenters. The molecule has 1 heterocycles. The Morgan fingerprint density at radius 3 is 3.00 bits per heavy atom. The highest BCUT2D eigenvalue weighted by Crippen LogP contribution is 2.24. The van der Waals surface area contributed by atoms with Gasteiger partial charge in [0, 0.05) is 18.2 Å². The van der Waals surface area contributed by atoms with E-state index < -0.39 is 0 Å². The average Bonchev–Trinajstić information content (AvgIpc) is 2.58. The first-order chi connectivity index (χ1) is 7.16. The molecule has 0 spiro atoms. The van der Waals surface area contributed by atoms with Crippen LogP contribution < -0.4 is 0 Å². The molecule has 2 rings (SSSR count). The molecule has 82 valence electrons. The number of halogens is 1. The molecule has 1 aromatic carbocycles. The second kappa shape index (κ2) is 4.19. The van der Waals surface area contributed by atoms with Gasteiger partial charge in [-0.2, -0.15) is 0 Å². The van der Waals surface area contributed by atoms with E-state index in [0.717, 1.165) is 6.54 Å². The molecule has 3 heteroatoms. The number of hydrogen-bond donors (Lipinski definition) is 1. The van der Waals surface area contributed by atoms with Crippen LogP contribution in [-0.2, 0) is 6.54 Å². The third-order valence-corrected chi connectivity index (χ3v) is 3.11. The van der Waals surface area contributed by atoms with Crippen molar-refractivity contribution in [2.45, 2.75) is 32.4 Å². The highest BCUT2D eigenvalue weighted by atomic mass is 19.1. The average molecular weight is 209 g/mol. The van der Waals surface area contributed by atoms with Gasteiger partial charge in [0.1, 0.15) is 11.6 Å². The fourth-order valence-electron chi connectivity index (χ4n) is 2.13. The number of phenolic OH excluding ortho intramolecular Hbond substituents is 1. The van der Waals surface area contributed by atoms with Crippen molar-refractivity contribution in [1.82, 2.24) is 4.90 Å². The van der Waals surface area contributed by atoms with Gasteiger partial charge in [0.2, 0.25) is 0 Å². The van der Waals surface area contributed by atoms with Crippen molar-refractivity contribution < 1.29 is 9.50 Å². The summed E-state index contributed by atoms with van der Waals surface area (Å²) in [4.78, 5) is 2.27. The molecule has 0 radical (unpaired) electrons. The lowest BCUT2D eigenvalue weighted by Gasteiger charge is -2.21. The molecule has 1 fully saturated rings. The standard InChI is InChI=1S/C12H16FNO/c1-9-3-2-6-14(9)8-10-7-11(13)4-5-12(10)15/h4-5,7,9,15H,2-3,6,8H2,1H3. The second-order valence-corrected chi connectivity index (χ2v) is 4.23. The first-order valence-corrected chi connectivity index (χ1v) is 5.38. The van der Waals surface area contributed by atoms with Gasteiger partial charge in [-0.05, 0) is 44.5 Å². The van der Waals surface area contributed by atoms with Gasteiger partial charge >= 0.3 is 0 Å². The SMILES string of the molecule is CC1CCCN1Cc1cc(F)ccc1O. The van der Waals surface area contributed by atoms with Gasteiger partial charge in [-0.15, -0.1) is 0 Å². The van der Waals surface area contributed by atoms with Crippen molar-refractivity contribution in [2.75, 3.05) is 6.54 Å². The molecule has 0 aromatic heterocycles. The molecule has 1 saturated heterocycles. The van der Waals surface area contributed by atoms with Crippen molar-refractivity contribution in [2.24, 2.45) is 0 Å². The Balaban J connectivity index is 2.12. The van der Waals surface area contributed by atoms with Gasteiger partial charge in [0.15, 0.2) is 0 Å². The fraction of sp³-hybridized carbons (Fsp3) is 0.500. The Hall–Kier alpha value is -1.09. The zero-order valence-corrected chi connectivity index (χ0v) is 8.91. The molecule has 0 bridgehead atoms. The Bertz CT molecular complexity index is 353. The summed E-state index contributed by atoms with van der Waals surface area (Å²) in [5.74, 6) is -0.0925. The van der Waals surface area contributed by atoms with Gasteiger partial charge in [0.05, 0.1) is 0 Å². The topological polar surface area (TPSA) is 23.5 Å². The minimum absolute atomic E-state index is 0.190. The zero-order valence-electron chi connectivity index (χ0n) is 8.91. The number of likely N-dealkylation sites (tertiary alicyclic amines) is 1. The minimum Gasteiger partial charge on any atom is -0.508 e. The normalized spacial score (nSPS) is 22.1. The minimum atomic E-state index is -0.283. The van der Waals surface area contributed by atoms with Crippen LogP contribution in [0.25, 0.3) is 0 Å². The predicted molar refractivity (Wildman–Crippen MR) is 57.2 cm³/mol. The van der Waals surface area contributed by atoms with E-state index in [4.69, 9.17) is 0 Å². The molecule has 15 heavy (non-hydrogen) atoms. The summed E-state index contributed by atoms with van der Waals surface area (Å²) in [5.41, 5.74) is 0.684. The molecule has 1 atom stereocenters. The second-order valence-electron chi connectivity index (χ2n) is 4.23. The third kappa shape index (κ3) is 2.29. The maximum atomic E-state index is 13.0. The van der Waals surface area contributed by atoms with Crippen LogP contribution in [0.3, 0.4) is 0 Å². The first-order valence-electron chi connectivity index (χ1n) is 5.38. The van der Waals surface area contributed by atoms with E-state index >= 15 is 0 Å². The maximum Gasteiger partial charge on any atom is 0.123 e. The highest BCUT2D eigenvalue weighted by molar-refractivity contribution is 5.32. The third-order valence-electron chi connectivity index (χ3n) is 3.11. The van der Waals surface area contributed by atoms with Gasteiger partial charge in [-0.1, -0.05) is 0 Å². The van der Waals surface area contributed by atoms with Gasteiger partial charge in [0.25, 0.3) is 0 Å². The number of nitrogens with zero attached hydrogens (tertiary/aromatic N) is 1. The molecule has 0 amide bonds. The van der Waals surface area contributed by atoms with Crippen LogP contribution in [0, 0.1) is 5.82 Å². The number of phenols is 1. The molecule has 1 N–H and O–H groups in total. The molecule has 0 saturated carbocycles. The van der Waals surface area contributed by atoms with Crippen LogP contribution in [0.4, 0.5) is 4.39 Å². The molecule has 1 aliphatic rings. The van der Waals surface area contributed by atoms with E-state index in [-0.39, 0.29) is 11.6 Å². The predicted octanol–water partition coefficient (Wildman–Crippen LogP) is 2.52. The smallest absolute Gasteiger partial charge is 0.123 e. The van der Waals surface area contributed by atoms with Gasteiger partial charge in [-0.3, -0.25) is 4.90 Å². The highest BCUT2D eigenvalue weighted by Gasteiger charge is 2.21. The van der Waals surface area contributed by atoms with Crippen molar-refractivity contribution in [3.63, 3.8) is 0 Å². The van der Waals surface area contributed by atoms with E-state index in [1.165, 1.54) is 31.0 Å². The number of aromatic hydroxyl groups is 1. The van der Waals surface area contributed by atoms with Gasteiger partial charge < -0.3 is 5.11 Å². The summed E-state index contributed by atoms with van der Waals surface area (Å²) < 4.78 is 13.0. The van der Waals surface area contributed by atoms with E-state index in [1.807, 2.05) is 0 Å². The quantitative estimate of drug-likeness (QED) is 0.809. The summed E-state index contributed by atoms with van der Waals surface area (Å²) in [6.45, 7) is 3.85. The van der Waals surface area contributed by atoms with Crippen LogP contribution in [0.1, 0.15) is 25.3 Å². The van der Waals surface area contributed by atoms with E-state index in [0.29, 0.717) is 18.2 Å². The summed E-state index contributed by atoms with van der Waals surface area (Å²) >= 11 is 0. The Kier molecular flexibility index (Phi) is 2.91. The first kappa shape index (κ1) is 10.4. The number of hydrogen-bond acceptors (Lipinski definition) is 2. The lowest BCUT2D eigenvalue weighted by molar-refractivity contribution is 0.256. The monoisotopic (exact) mass is 209 g/mol. The summed E-state index contributed by atoms with van der Waals surface area (Å²) in [5, 5.41) is 9.59. The van der Waals surface area contributed by atoms with Gasteiger partial charge in [-0.25, -0.2) is 4.39 Å². The van der Waals surface area contributed by atoms with E-state index in [9.17, 15) is 9.50 Å². The number of benzene rings is 1. The Morgan fingerprint density at radius 1 is 1.53 bits per heavy atom. The molecular weight excluding hydrogens is 193 g/mol. The molecule has 1 aromatic rings. The molecule has 0 aliphatic carbocycles. The molecule has 1 aliphatic heterocycles. The fourth-order valence-corrected chi connectivity index (χ4v) is 2.13. The van der Waals surface area contributed by atoms with Crippen LogP contribution in [-0.4, -0.2) is 22.6 Å². The molecular formula is C12H16FNO. The lowest BCUT2D eigenvalue weighted by atomic mass is 10.1. The zero-order chi connectivity index (χ0) is 10.8. The lowest BCUT2D eigenvalue weighted by Crippen LogP contribution is -2.26. The van der Waals surface area contributed by atoms with E-state index in [2.05, 4.69) is 11.8 Å². The van der Waals surface area contributed by atoms with Crippen LogP contribution in [0.5, 0.6) is 5.75 Å². The Morgan fingerprint density at radius 2 is 2.33 bits per heavy atom. The van der Waals surface area contributed by atoms with Crippen LogP contribution in [0.15, 0.2) is 18.2 Å². The van der Waals surface area contributed by atoms with Crippen molar-refractivity contribution >= 4 is 0 Å². The van der Waals surface area contributed by atoms with Crippen molar-refractivity contribution in [1.29, 1.82) is 0 Å². The van der Waals surface area contributed by atoms with Crippen molar-refractivity contribution in [3.05, 3.63) is 29.6 Å². The summed E-state index contributed by atoms with van der Waals surface area (Å²) in [7, 11) is 0.